The topological polar surface area (TPSA) is 115 Å². The Kier molecular flexibility index (Phi) is 7.97. The Morgan fingerprint density at radius 1 is 1.07 bits per heavy atom. The molecule has 1 aromatic carbocycles. The quantitative estimate of drug-likeness (QED) is 0.277. The highest BCUT2D eigenvalue weighted by Gasteiger charge is 2.31. The summed E-state index contributed by atoms with van der Waals surface area (Å²) in [6.45, 7) is 3.24. The maximum absolute atomic E-state index is 14.3. The second-order valence-corrected chi connectivity index (χ2v) is 10.6. The molecule has 0 saturated carbocycles. The SMILES string of the molecule is O=C(O)c1ccc2nc(CN3CCC(Oc4ccnc(Cc5ccc(C(F)(F)F)cc5F)n4)CC3)n(C[C@@H]3CCO3)c2n1. The molecule has 0 amide bonds. The molecule has 0 spiro atoms. The van der Waals surface area contributed by atoms with Crippen LogP contribution in [0.2, 0.25) is 0 Å². The smallest absolute Gasteiger partial charge is 0.416 e. The van der Waals surface area contributed by atoms with Gasteiger partial charge in [0.1, 0.15) is 29.1 Å². The van der Waals surface area contributed by atoms with E-state index in [1.165, 1.54) is 12.3 Å². The molecule has 0 aliphatic carbocycles. The van der Waals surface area contributed by atoms with Crippen molar-refractivity contribution in [2.45, 2.75) is 57.2 Å². The van der Waals surface area contributed by atoms with E-state index in [2.05, 4.69) is 19.9 Å². The number of nitrogens with zero attached hydrogens (tertiary/aromatic N) is 6. The lowest BCUT2D eigenvalue weighted by Gasteiger charge is -2.32. The van der Waals surface area contributed by atoms with Crippen molar-refractivity contribution in [1.29, 1.82) is 0 Å². The van der Waals surface area contributed by atoms with Gasteiger partial charge >= 0.3 is 12.1 Å². The van der Waals surface area contributed by atoms with E-state index in [1.54, 1.807) is 12.1 Å². The zero-order valence-electron chi connectivity index (χ0n) is 22.9. The first-order chi connectivity index (χ1) is 20.6. The standard InChI is InChI=1S/C29H28F4N6O4/c30-21-14-18(29(31,32)33)2-1-17(21)13-24-34-9-5-26(37-24)43-19-6-10-38(11-7-19)16-25-35-22-3-4-23(28(40)41)36-27(22)39(25)15-20-8-12-42-20/h1-5,9,14,19-20H,6-8,10-13,15-16H2,(H,40,41)/t20-/m0/s1. The number of pyridine rings is 1. The lowest BCUT2D eigenvalue weighted by Crippen LogP contribution is -2.39. The van der Waals surface area contributed by atoms with E-state index in [0.29, 0.717) is 55.6 Å². The molecule has 1 atom stereocenters. The zero-order chi connectivity index (χ0) is 30.1. The van der Waals surface area contributed by atoms with Crippen molar-refractivity contribution in [1.82, 2.24) is 29.4 Å². The number of aromatic carboxylic acids is 1. The molecule has 2 fully saturated rings. The number of carbonyl (C=O) groups is 1. The van der Waals surface area contributed by atoms with Crippen molar-refractivity contribution in [3.63, 3.8) is 0 Å². The van der Waals surface area contributed by atoms with E-state index in [-0.39, 0.29) is 35.7 Å². The third kappa shape index (κ3) is 6.59. The van der Waals surface area contributed by atoms with Gasteiger partial charge in [0.15, 0.2) is 11.3 Å². The summed E-state index contributed by atoms with van der Waals surface area (Å²) in [4.78, 5) is 31.3. The molecular weight excluding hydrogens is 572 g/mol. The van der Waals surface area contributed by atoms with Crippen molar-refractivity contribution in [3.8, 4) is 5.88 Å². The number of ether oxygens (including phenoxy) is 2. The van der Waals surface area contributed by atoms with E-state index < -0.39 is 23.5 Å². The number of piperidine rings is 1. The highest BCUT2D eigenvalue weighted by Crippen LogP contribution is 2.31. The average Bonchev–Trinajstić information content (AvgIpc) is 3.28. The molecule has 2 aliphatic heterocycles. The number of benzene rings is 1. The molecule has 43 heavy (non-hydrogen) atoms. The van der Waals surface area contributed by atoms with Crippen LogP contribution in [0, 0.1) is 5.82 Å². The van der Waals surface area contributed by atoms with Crippen molar-refractivity contribution in [2.75, 3.05) is 19.7 Å². The minimum absolute atomic E-state index is 0.0370. The van der Waals surface area contributed by atoms with Crippen LogP contribution in [-0.2, 0) is 30.4 Å². The summed E-state index contributed by atoms with van der Waals surface area (Å²) in [5.74, 6) is -0.721. The molecule has 14 heteroatoms. The van der Waals surface area contributed by atoms with Gasteiger partial charge in [-0.1, -0.05) is 6.07 Å². The summed E-state index contributed by atoms with van der Waals surface area (Å²) in [7, 11) is 0. The number of rotatable bonds is 9. The van der Waals surface area contributed by atoms with Crippen LogP contribution < -0.4 is 4.74 Å². The minimum Gasteiger partial charge on any atom is -0.477 e. The molecule has 6 rings (SSSR count). The molecule has 3 aromatic heterocycles. The first-order valence-corrected chi connectivity index (χ1v) is 13.9. The number of likely N-dealkylation sites (tertiary alicyclic amines) is 1. The van der Waals surface area contributed by atoms with Crippen LogP contribution in [0.15, 0.2) is 42.6 Å². The van der Waals surface area contributed by atoms with Gasteiger partial charge in [-0.05, 0) is 49.1 Å². The first kappa shape index (κ1) is 28.9. The molecule has 0 radical (unpaired) electrons. The fraction of sp³-hybridized carbons (Fsp3) is 0.414. The van der Waals surface area contributed by atoms with E-state index >= 15 is 0 Å². The number of aromatic nitrogens is 5. The first-order valence-electron chi connectivity index (χ1n) is 13.9. The fourth-order valence-corrected chi connectivity index (χ4v) is 5.24. The summed E-state index contributed by atoms with van der Waals surface area (Å²) in [5.41, 5.74) is 0.132. The maximum Gasteiger partial charge on any atom is 0.416 e. The molecule has 10 nitrogen and oxygen atoms in total. The van der Waals surface area contributed by atoms with Gasteiger partial charge in [-0.25, -0.2) is 24.1 Å². The van der Waals surface area contributed by atoms with Crippen molar-refractivity contribution in [2.24, 2.45) is 0 Å². The number of hydrogen-bond acceptors (Lipinski definition) is 8. The third-order valence-corrected chi connectivity index (χ3v) is 7.67. The minimum atomic E-state index is -4.62. The van der Waals surface area contributed by atoms with Crippen LogP contribution in [0.25, 0.3) is 11.2 Å². The van der Waals surface area contributed by atoms with Gasteiger partial charge in [0.25, 0.3) is 0 Å². The Balaban J connectivity index is 1.08. The number of fused-ring (bicyclic) bond motifs is 1. The maximum atomic E-state index is 14.3. The fourth-order valence-electron chi connectivity index (χ4n) is 5.24. The molecule has 2 aliphatic rings. The Labute approximate surface area is 243 Å². The van der Waals surface area contributed by atoms with Crippen LogP contribution in [0.3, 0.4) is 0 Å². The van der Waals surface area contributed by atoms with Crippen LogP contribution in [0.4, 0.5) is 17.6 Å². The van der Waals surface area contributed by atoms with E-state index in [0.717, 1.165) is 37.5 Å². The summed E-state index contributed by atoms with van der Waals surface area (Å²) in [6, 6.07) is 7.14. The Morgan fingerprint density at radius 3 is 2.53 bits per heavy atom. The Bertz CT molecular complexity index is 1630. The summed E-state index contributed by atoms with van der Waals surface area (Å²) >= 11 is 0. The summed E-state index contributed by atoms with van der Waals surface area (Å²) in [6.07, 6.45) is -0.958. The second kappa shape index (κ2) is 11.8. The van der Waals surface area contributed by atoms with Gasteiger partial charge in [-0.2, -0.15) is 18.2 Å². The zero-order valence-corrected chi connectivity index (χ0v) is 22.9. The predicted octanol–water partition coefficient (Wildman–Crippen LogP) is 4.50. The largest absolute Gasteiger partial charge is 0.477 e. The lowest BCUT2D eigenvalue weighted by molar-refractivity contribution is -0.137. The number of imidazole rings is 1. The Hall–Kier alpha value is -4.17. The molecule has 226 valence electrons. The van der Waals surface area contributed by atoms with Gasteiger partial charge in [0.05, 0.1) is 24.8 Å². The monoisotopic (exact) mass is 600 g/mol. The highest BCUT2D eigenvalue weighted by atomic mass is 19.4. The molecular formula is C29H28F4N6O4. The highest BCUT2D eigenvalue weighted by molar-refractivity contribution is 5.88. The molecule has 0 unspecified atom stereocenters. The van der Waals surface area contributed by atoms with Gasteiger partial charge in [0, 0.05) is 38.4 Å². The number of alkyl halides is 3. The number of carboxylic acids is 1. The van der Waals surface area contributed by atoms with E-state index in [1.807, 2.05) is 4.57 Å². The van der Waals surface area contributed by atoms with Gasteiger partial charge in [-0.3, -0.25) is 4.90 Å². The van der Waals surface area contributed by atoms with E-state index in [4.69, 9.17) is 14.5 Å². The van der Waals surface area contributed by atoms with Crippen LogP contribution in [0.5, 0.6) is 5.88 Å². The Morgan fingerprint density at radius 2 is 1.86 bits per heavy atom. The van der Waals surface area contributed by atoms with Crippen molar-refractivity contribution < 1.29 is 36.9 Å². The molecule has 0 bridgehead atoms. The molecule has 2 saturated heterocycles. The lowest BCUT2D eigenvalue weighted by atomic mass is 10.1. The van der Waals surface area contributed by atoms with Gasteiger partial charge in [0.2, 0.25) is 5.88 Å². The number of hydrogen-bond donors (Lipinski definition) is 1. The normalized spacial score (nSPS) is 18.1. The van der Waals surface area contributed by atoms with E-state index in [9.17, 15) is 27.5 Å². The predicted molar refractivity (Wildman–Crippen MR) is 144 cm³/mol. The summed E-state index contributed by atoms with van der Waals surface area (Å²) < 4.78 is 66.5. The number of halogens is 4. The second-order valence-electron chi connectivity index (χ2n) is 10.6. The van der Waals surface area contributed by atoms with Crippen molar-refractivity contribution >= 4 is 17.1 Å². The third-order valence-electron chi connectivity index (χ3n) is 7.67. The summed E-state index contributed by atoms with van der Waals surface area (Å²) in [5, 5.41) is 9.40. The molecule has 5 heterocycles. The van der Waals surface area contributed by atoms with Crippen LogP contribution in [-0.4, -0.2) is 72.4 Å². The van der Waals surface area contributed by atoms with Gasteiger partial charge in [-0.15, -0.1) is 0 Å². The van der Waals surface area contributed by atoms with Gasteiger partial charge < -0.3 is 19.1 Å². The van der Waals surface area contributed by atoms with Crippen LogP contribution >= 0.6 is 0 Å². The van der Waals surface area contributed by atoms with Crippen molar-refractivity contribution in [3.05, 3.63) is 76.9 Å². The molecule has 4 aromatic rings. The molecule has 1 N–H and O–H groups in total. The average molecular weight is 601 g/mol. The van der Waals surface area contributed by atoms with Crippen LogP contribution in [0.1, 0.15) is 52.5 Å². The number of carboxylic acid groups (broad SMARTS) is 1.